The summed E-state index contributed by atoms with van der Waals surface area (Å²) in [6.07, 6.45) is 2.68. The Hall–Kier alpha value is -3.72. The molecule has 0 spiro atoms. The number of anilines is 1. The molecule has 2 aromatic carbocycles. The van der Waals surface area contributed by atoms with E-state index in [0.717, 1.165) is 29.8 Å². The van der Waals surface area contributed by atoms with E-state index in [0.29, 0.717) is 35.4 Å². The summed E-state index contributed by atoms with van der Waals surface area (Å²) in [6.45, 7) is 2.07. The van der Waals surface area contributed by atoms with Crippen molar-refractivity contribution in [2.45, 2.75) is 38.5 Å². The van der Waals surface area contributed by atoms with Crippen LogP contribution in [0.25, 0.3) is 0 Å². The quantitative estimate of drug-likeness (QED) is 0.774. The van der Waals surface area contributed by atoms with Crippen LogP contribution in [0.2, 0.25) is 0 Å². The number of Topliss-reactive ketones (excluding diaryl/α,β-unsaturated/α-hetero) is 1. The Balaban J connectivity index is 1.99. The van der Waals surface area contributed by atoms with Gasteiger partial charge in [0.15, 0.2) is 17.3 Å². The van der Waals surface area contributed by atoms with Gasteiger partial charge in [0.1, 0.15) is 5.82 Å². The van der Waals surface area contributed by atoms with E-state index < -0.39 is 5.92 Å². The van der Waals surface area contributed by atoms with Crippen molar-refractivity contribution in [2.75, 3.05) is 12.0 Å². The molecular formula is C25H25N3O3. The van der Waals surface area contributed by atoms with Crippen LogP contribution in [0.3, 0.4) is 0 Å². The summed E-state index contributed by atoms with van der Waals surface area (Å²) in [5.74, 6) is 0.0662. The average Bonchev–Trinajstić information content (AvgIpc) is 2.79. The minimum atomic E-state index is -0.590. The number of nitriles is 1. The van der Waals surface area contributed by atoms with Crippen LogP contribution < -0.4 is 15.4 Å². The van der Waals surface area contributed by atoms with Crippen LogP contribution >= 0.6 is 0 Å². The number of phenols is 1. The van der Waals surface area contributed by atoms with E-state index >= 15 is 0 Å². The molecule has 0 fully saturated rings. The first-order valence-electron chi connectivity index (χ1n) is 10.4. The molecule has 0 saturated carbocycles. The van der Waals surface area contributed by atoms with Crippen molar-refractivity contribution >= 4 is 11.5 Å². The van der Waals surface area contributed by atoms with Gasteiger partial charge in [-0.05, 0) is 48.6 Å². The van der Waals surface area contributed by atoms with Crippen LogP contribution in [-0.2, 0) is 11.2 Å². The van der Waals surface area contributed by atoms with E-state index in [2.05, 4.69) is 13.0 Å². The summed E-state index contributed by atoms with van der Waals surface area (Å²) in [7, 11) is 1.47. The number of hydrogen-bond acceptors (Lipinski definition) is 6. The Bertz CT molecular complexity index is 1160. The first-order chi connectivity index (χ1) is 15.0. The molecule has 31 heavy (non-hydrogen) atoms. The van der Waals surface area contributed by atoms with Crippen LogP contribution in [0.1, 0.15) is 43.2 Å². The largest absolute Gasteiger partial charge is 0.504 e. The number of nitrogens with zero attached hydrogens (tertiary/aromatic N) is 2. The smallest absolute Gasteiger partial charge is 0.161 e. The Kier molecular flexibility index (Phi) is 5.43. The summed E-state index contributed by atoms with van der Waals surface area (Å²) in [5.41, 5.74) is 11.1. The number of aryl methyl sites for hydroxylation is 1. The predicted molar refractivity (Wildman–Crippen MR) is 118 cm³/mol. The number of hydrogen-bond donors (Lipinski definition) is 2. The average molecular weight is 415 g/mol. The molecule has 1 aliphatic carbocycles. The molecule has 2 aromatic rings. The zero-order valence-corrected chi connectivity index (χ0v) is 17.7. The van der Waals surface area contributed by atoms with Gasteiger partial charge in [-0.1, -0.05) is 31.2 Å². The van der Waals surface area contributed by atoms with E-state index in [1.165, 1.54) is 13.2 Å². The Labute approximate surface area is 181 Å². The SMILES string of the molecule is CCc1ccccc1N1C(N)=C(C#N)C(c2ccc(O)c(OC)c2)C2=C1CCCC2=O. The molecule has 158 valence electrons. The Morgan fingerprint density at radius 3 is 2.74 bits per heavy atom. The lowest BCUT2D eigenvalue weighted by Gasteiger charge is -2.40. The van der Waals surface area contributed by atoms with Gasteiger partial charge in [0.2, 0.25) is 0 Å². The van der Waals surface area contributed by atoms with Gasteiger partial charge in [0.25, 0.3) is 0 Å². The van der Waals surface area contributed by atoms with Crippen LogP contribution in [0.5, 0.6) is 11.5 Å². The third kappa shape index (κ3) is 3.32. The lowest BCUT2D eigenvalue weighted by molar-refractivity contribution is -0.116. The third-order valence-corrected chi connectivity index (χ3v) is 6.06. The maximum absolute atomic E-state index is 13.2. The normalized spacial score (nSPS) is 18.7. The minimum absolute atomic E-state index is 0.000178. The van der Waals surface area contributed by atoms with Crippen molar-refractivity contribution in [1.82, 2.24) is 0 Å². The minimum Gasteiger partial charge on any atom is -0.504 e. The number of methoxy groups -OCH3 is 1. The van der Waals surface area contributed by atoms with E-state index in [-0.39, 0.29) is 17.3 Å². The highest BCUT2D eigenvalue weighted by atomic mass is 16.5. The van der Waals surface area contributed by atoms with Gasteiger partial charge in [-0.15, -0.1) is 0 Å². The third-order valence-electron chi connectivity index (χ3n) is 6.06. The number of carbonyl (C=O) groups is 1. The van der Waals surface area contributed by atoms with Gasteiger partial charge in [0.05, 0.1) is 30.4 Å². The molecule has 0 aromatic heterocycles. The molecule has 0 radical (unpaired) electrons. The zero-order valence-electron chi connectivity index (χ0n) is 17.7. The number of carbonyl (C=O) groups excluding carboxylic acids is 1. The fraction of sp³-hybridized carbons (Fsp3) is 0.280. The molecule has 1 aliphatic heterocycles. The summed E-state index contributed by atoms with van der Waals surface area (Å²) in [5, 5.41) is 20.1. The highest BCUT2D eigenvalue weighted by molar-refractivity contribution is 6.01. The lowest BCUT2D eigenvalue weighted by Crippen LogP contribution is -2.39. The molecule has 1 heterocycles. The van der Waals surface area contributed by atoms with Crippen LogP contribution in [0, 0.1) is 11.3 Å². The van der Waals surface area contributed by atoms with Gasteiger partial charge in [-0.25, -0.2) is 0 Å². The van der Waals surface area contributed by atoms with Gasteiger partial charge in [-0.2, -0.15) is 5.26 Å². The first kappa shape index (κ1) is 20.5. The second kappa shape index (κ2) is 8.19. The molecule has 0 amide bonds. The summed E-state index contributed by atoms with van der Waals surface area (Å²) in [6, 6.07) is 15.1. The lowest BCUT2D eigenvalue weighted by atomic mass is 9.75. The Morgan fingerprint density at radius 2 is 2.03 bits per heavy atom. The maximum atomic E-state index is 13.2. The number of ketones is 1. The summed E-state index contributed by atoms with van der Waals surface area (Å²) in [4.78, 5) is 15.1. The molecular weight excluding hydrogens is 390 g/mol. The van der Waals surface area contributed by atoms with Crippen molar-refractivity contribution in [3.63, 3.8) is 0 Å². The first-order valence-corrected chi connectivity index (χ1v) is 10.4. The number of rotatable bonds is 4. The predicted octanol–water partition coefficient (Wildman–Crippen LogP) is 4.27. The van der Waals surface area contributed by atoms with Crippen molar-refractivity contribution in [2.24, 2.45) is 5.73 Å². The Morgan fingerprint density at radius 1 is 1.26 bits per heavy atom. The zero-order chi connectivity index (χ0) is 22.1. The fourth-order valence-electron chi connectivity index (χ4n) is 4.60. The molecule has 1 unspecified atom stereocenters. The van der Waals surface area contributed by atoms with Crippen molar-refractivity contribution in [3.8, 4) is 17.6 Å². The van der Waals surface area contributed by atoms with Crippen LogP contribution in [-0.4, -0.2) is 18.0 Å². The second-order valence-electron chi connectivity index (χ2n) is 7.73. The monoisotopic (exact) mass is 415 g/mol. The topological polar surface area (TPSA) is 99.6 Å². The molecule has 4 rings (SSSR count). The number of ether oxygens (including phenoxy) is 1. The summed E-state index contributed by atoms with van der Waals surface area (Å²) >= 11 is 0. The molecule has 6 heteroatoms. The molecule has 2 aliphatic rings. The summed E-state index contributed by atoms with van der Waals surface area (Å²) < 4.78 is 5.26. The van der Waals surface area contributed by atoms with E-state index in [1.54, 1.807) is 12.1 Å². The second-order valence-corrected chi connectivity index (χ2v) is 7.73. The van der Waals surface area contributed by atoms with E-state index in [9.17, 15) is 15.2 Å². The molecule has 1 atom stereocenters. The molecule has 0 bridgehead atoms. The van der Waals surface area contributed by atoms with Gasteiger partial charge >= 0.3 is 0 Å². The fourth-order valence-corrected chi connectivity index (χ4v) is 4.60. The van der Waals surface area contributed by atoms with Crippen molar-refractivity contribution < 1.29 is 14.6 Å². The van der Waals surface area contributed by atoms with Crippen molar-refractivity contribution in [3.05, 3.63) is 76.3 Å². The van der Waals surface area contributed by atoms with E-state index in [1.807, 2.05) is 29.2 Å². The maximum Gasteiger partial charge on any atom is 0.161 e. The van der Waals surface area contributed by atoms with Gasteiger partial charge in [0, 0.05) is 17.7 Å². The number of nitrogens with two attached hydrogens (primary N) is 1. The van der Waals surface area contributed by atoms with Crippen molar-refractivity contribution in [1.29, 1.82) is 5.26 Å². The van der Waals surface area contributed by atoms with Gasteiger partial charge in [-0.3, -0.25) is 9.69 Å². The highest BCUT2D eigenvalue weighted by Crippen LogP contribution is 2.47. The van der Waals surface area contributed by atoms with Crippen LogP contribution in [0.15, 0.2) is 65.1 Å². The highest BCUT2D eigenvalue weighted by Gasteiger charge is 2.40. The molecule has 6 nitrogen and oxygen atoms in total. The van der Waals surface area contributed by atoms with E-state index in [4.69, 9.17) is 10.5 Å². The number of aromatic hydroxyl groups is 1. The number of para-hydroxylation sites is 1. The van der Waals surface area contributed by atoms with Gasteiger partial charge < -0.3 is 15.6 Å². The number of phenolic OH excluding ortho intramolecular Hbond substituents is 1. The number of benzene rings is 2. The van der Waals surface area contributed by atoms with Crippen LogP contribution in [0.4, 0.5) is 5.69 Å². The number of allylic oxidation sites excluding steroid dienone is 3. The molecule has 3 N–H and O–H groups in total. The standard InChI is InChI=1S/C25H25N3O3/c1-3-15-7-4-5-8-18(15)28-19-9-6-10-21(30)24(19)23(17(14-26)25(28)27)16-11-12-20(29)22(13-16)31-2/h4-5,7-8,11-13,23,29H,3,6,9-10,27H2,1-2H3. The molecule has 0 saturated heterocycles.